The molecule has 0 N–H and O–H groups in total. The number of ether oxygens (including phenoxy) is 17. The number of benzene rings is 5. The maximum Gasteiger partial charge on any atom is 0.338 e. The van der Waals surface area contributed by atoms with Gasteiger partial charge in [0.25, 0.3) is 0 Å². The summed E-state index contributed by atoms with van der Waals surface area (Å²) < 4.78 is 97.8. The van der Waals surface area contributed by atoms with Crippen molar-refractivity contribution in [2.45, 2.75) is 134 Å². The second-order valence-electron chi connectivity index (χ2n) is 20.9. The molecule has 0 amide bonds. The Morgan fingerprint density at radius 2 is 0.639 bits per heavy atom. The number of rotatable bonds is 19. The maximum atomic E-state index is 15.6. The Bertz CT molecular complexity index is 4080. The van der Waals surface area contributed by atoms with Crippen LogP contribution in [-0.4, -0.2) is 102 Å². The van der Waals surface area contributed by atoms with Crippen molar-refractivity contribution in [3.8, 4) is 86.2 Å². The molecule has 2 aliphatic heterocycles. The van der Waals surface area contributed by atoms with Crippen molar-refractivity contribution in [3.63, 3.8) is 0 Å². The van der Waals surface area contributed by atoms with Gasteiger partial charge in [0, 0.05) is 149 Å². The van der Waals surface area contributed by atoms with E-state index in [1.165, 1.54) is 0 Å². The first-order valence-corrected chi connectivity index (χ1v) is 28.5. The van der Waals surface area contributed by atoms with Gasteiger partial charge in [0.15, 0.2) is 52.8 Å². The minimum Gasteiger partial charge on any atom is -0.481 e. The number of carbonyl (C=O) groups excluding carboxylic acids is 15. The normalized spacial score (nSPS) is 15.5. The topological polar surface area (TPSA) is 413 Å². The zero-order valence-corrected chi connectivity index (χ0v) is 53.9. The van der Waals surface area contributed by atoms with Crippen LogP contribution in [0.1, 0.15) is 153 Å². The summed E-state index contributed by atoms with van der Waals surface area (Å²) >= 11 is 0. The summed E-state index contributed by atoms with van der Waals surface area (Å²) in [5.41, 5.74) is -2.52. The van der Waals surface area contributed by atoms with Crippen molar-refractivity contribution >= 4 is 89.5 Å². The van der Waals surface area contributed by atoms with E-state index in [1.54, 1.807) is 0 Å². The van der Waals surface area contributed by atoms with E-state index in [1.807, 2.05) is 0 Å². The van der Waals surface area contributed by atoms with Crippen molar-refractivity contribution in [2.75, 3.05) is 0 Å². The van der Waals surface area contributed by atoms with Crippen LogP contribution < -0.4 is 71.1 Å². The first-order chi connectivity index (χ1) is 45.5. The molecule has 32 nitrogen and oxygen atoms in total. The van der Waals surface area contributed by atoms with E-state index in [0.717, 1.165) is 152 Å². The van der Waals surface area contributed by atoms with Crippen molar-refractivity contribution in [1.82, 2.24) is 0 Å². The predicted octanol–water partition coefficient (Wildman–Crippen LogP) is 6.81. The van der Waals surface area contributed by atoms with Gasteiger partial charge in [-0.05, 0) is 36.4 Å². The molecule has 0 radical (unpaired) electrons. The quantitative estimate of drug-likeness (QED) is 0.0604. The van der Waals surface area contributed by atoms with Crippen LogP contribution >= 0.6 is 0 Å². The van der Waals surface area contributed by atoms with E-state index in [9.17, 15) is 67.1 Å². The molecule has 7 rings (SSSR count). The van der Waals surface area contributed by atoms with Crippen LogP contribution in [0, 0.1) is 0 Å². The fourth-order valence-electron chi connectivity index (χ4n) is 10.1. The molecule has 0 fully saturated rings. The number of hydrogen-bond donors (Lipinski definition) is 0. The van der Waals surface area contributed by atoms with Crippen molar-refractivity contribution in [3.05, 3.63) is 88.0 Å². The lowest BCUT2D eigenvalue weighted by Gasteiger charge is -2.42. The fourth-order valence-corrected chi connectivity index (χ4v) is 10.1. The first-order valence-electron chi connectivity index (χ1n) is 28.5. The highest BCUT2D eigenvalue weighted by Gasteiger charge is 2.51. The molecule has 0 bridgehead atoms. The van der Waals surface area contributed by atoms with E-state index in [4.69, 9.17) is 80.5 Å². The zero-order chi connectivity index (χ0) is 71.8. The van der Waals surface area contributed by atoms with Crippen LogP contribution in [0.5, 0.6) is 86.2 Å². The Labute approximate surface area is 548 Å². The highest BCUT2D eigenvalue weighted by atomic mass is 16.6. The van der Waals surface area contributed by atoms with Gasteiger partial charge < -0.3 is 80.5 Å². The molecule has 5 aromatic rings. The summed E-state index contributed by atoms with van der Waals surface area (Å²) in [7, 11) is 0. The summed E-state index contributed by atoms with van der Waals surface area (Å²) in [6, 6.07) is 8.90. The molecule has 2 heterocycles. The Hall–Kier alpha value is -12.3. The largest absolute Gasteiger partial charge is 0.481 e. The lowest BCUT2D eigenvalue weighted by molar-refractivity contribution is -0.153. The molecule has 0 saturated carbocycles. The highest BCUT2D eigenvalue weighted by molar-refractivity contribution is 5.93. The van der Waals surface area contributed by atoms with Crippen LogP contribution in [0.4, 0.5) is 0 Å². The smallest absolute Gasteiger partial charge is 0.338 e. The molecule has 0 aromatic heterocycles. The van der Waals surface area contributed by atoms with Gasteiger partial charge in [0.05, 0.1) is 11.5 Å². The fraction of sp³-hybridized carbons (Fsp3) is 0.308. The lowest BCUT2D eigenvalue weighted by Crippen LogP contribution is -2.40. The first kappa shape index (κ1) is 72.2. The Balaban J connectivity index is 1.70. The number of esters is 15. The van der Waals surface area contributed by atoms with Gasteiger partial charge >= 0.3 is 89.5 Å². The minimum absolute atomic E-state index is 0.134. The Morgan fingerprint density at radius 1 is 0.309 bits per heavy atom. The van der Waals surface area contributed by atoms with E-state index >= 15 is 4.79 Å². The van der Waals surface area contributed by atoms with Crippen LogP contribution in [0.3, 0.4) is 0 Å². The van der Waals surface area contributed by atoms with Gasteiger partial charge in [0.1, 0.15) is 40.6 Å². The molecule has 0 spiro atoms. The summed E-state index contributed by atoms with van der Waals surface area (Å²) in [4.78, 5) is 197. The van der Waals surface area contributed by atoms with Crippen LogP contribution in [0.15, 0.2) is 54.6 Å². The van der Waals surface area contributed by atoms with Crippen LogP contribution in [0.2, 0.25) is 0 Å². The monoisotopic (exact) mass is 1350 g/mol. The molecular weight excluding hydrogens is 1290 g/mol. The average Bonchev–Trinajstić information content (AvgIpc) is 0.720. The zero-order valence-electron chi connectivity index (χ0n) is 53.9. The molecule has 97 heavy (non-hydrogen) atoms. The molecular formula is C65H58O32. The second kappa shape index (κ2) is 30.2. The third kappa shape index (κ3) is 18.1. The maximum absolute atomic E-state index is 15.6. The number of fused-ring (bicyclic) bond motifs is 2. The molecule has 0 saturated heterocycles. The van der Waals surface area contributed by atoms with Crippen molar-refractivity contribution < 1.29 is 152 Å². The molecule has 0 aliphatic carbocycles. The molecule has 510 valence electrons. The Kier molecular flexibility index (Phi) is 22.5. The van der Waals surface area contributed by atoms with E-state index < -0.39 is 229 Å². The second-order valence-corrected chi connectivity index (χ2v) is 20.9. The van der Waals surface area contributed by atoms with E-state index in [2.05, 4.69) is 0 Å². The van der Waals surface area contributed by atoms with Crippen molar-refractivity contribution in [2.24, 2.45) is 0 Å². The van der Waals surface area contributed by atoms with Gasteiger partial charge in [-0.15, -0.1) is 0 Å². The molecule has 5 atom stereocenters. The third-order valence-electron chi connectivity index (χ3n) is 12.8. The number of hydrogen-bond acceptors (Lipinski definition) is 32. The van der Waals surface area contributed by atoms with Crippen LogP contribution in [0.25, 0.3) is 0 Å². The molecule has 32 heteroatoms. The summed E-state index contributed by atoms with van der Waals surface area (Å²) in [5.74, 6) is -27.5. The Morgan fingerprint density at radius 3 is 1.01 bits per heavy atom. The summed E-state index contributed by atoms with van der Waals surface area (Å²) in [6.07, 6.45) is -8.30. The summed E-state index contributed by atoms with van der Waals surface area (Å²) in [6.45, 7) is 13.3. The van der Waals surface area contributed by atoms with Gasteiger partial charge in [-0.3, -0.25) is 67.1 Å². The third-order valence-corrected chi connectivity index (χ3v) is 12.8. The van der Waals surface area contributed by atoms with Gasteiger partial charge in [-0.25, -0.2) is 4.79 Å². The minimum atomic E-state index is -2.30. The summed E-state index contributed by atoms with van der Waals surface area (Å²) in [5, 5.41) is 0. The SMILES string of the molecule is CC(=O)Oc1cc(OC(C)=O)c2c(c1)O[C@H](c1cc(OC(C)=O)c(OC(C)=O)c(OC(C)=O)c1)[C@H](OC(=O)c1cc(OC(C)=O)c(OC(C)=O)c(OC(C)=O)c1)[C@H]2c1c(OC(C)=O)cc2c(c1OC(C)=O)C[C@H](OC(C)=O)[C@@H](c1cc(OC(C)=O)c(OC(C)=O)c(OC(C)=O)c1)O2. The molecule has 2 aliphatic rings. The lowest BCUT2D eigenvalue weighted by atomic mass is 9.77. The van der Waals surface area contributed by atoms with Crippen molar-refractivity contribution in [1.29, 1.82) is 0 Å². The average molecular weight is 1350 g/mol. The van der Waals surface area contributed by atoms with Gasteiger partial charge in [0.2, 0.25) is 17.2 Å². The van der Waals surface area contributed by atoms with Gasteiger partial charge in [-0.2, -0.15) is 0 Å². The van der Waals surface area contributed by atoms with E-state index in [-0.39, 0.29) is 16.9 Å². The standard InChI is InChI=1S/C65H58O32/c1-25(66)81-42-21-45(82-26(2)67)55-46(22-42)96-59(40-17-50(86-30(6)71)62(93-37(13)78)51(18-40)87-31(7)72)64(97-65(80)41-19-52(88-32(8)73)63(94-38(14)79)53(20-41)89-33(9)74)57(55)56-47(83-27(3)68)24-44-43(60(56)91-35(11)76)23-54(90-34(10)75)58(95-44)39-15-48(84-28(4)69)61(92-36(12)77)49(16-39)85-29(5)70/h15-22,24,54,57-59,64H,23H2,1-14H3/t54-,57+,58+,59+,64+/m0/s1. The van der Waals surface area contributed by atoms with Gasteiger partial charge in [-0.1, -0.05) is 0 Å². The van der Waals surface area contributed by atoms with Crippen LogP contribution in [-0.2, 0) is 83.0 Å². The number of carbonyl (C=O) groups is 15. The highest BCUT2D eigenvalue weighted by Crippen LogP contribution is 2.60. The van der Waals surface area contributed by atoms with E-state index in [0.29, 0.717) is 0 Å². The molecule has 0 unspecified atom stereocenters. The predicted molar refractivity (Wildman–Crippen MR) is 316 cm³/mol. The molecule has 5 aromatic carbocycles.